The summed E-state index contributed by atoms with van der Waals surface area (Å²) in [4.78, 5) is 22.9. The van der Waals surface area contributed by atoms with Crippen LogP contribution in [-0.2, 0) is 26.4 Å². The van der Waals surface area contributed by atoms with Crippen LogP contribution in [0.1, 0.15) is 0 Å². The van der Waals surface area contributed by atoms with Gasteiger partial charge >= 0.3 is 16.8 Å². The summed E-state index contributed by atoms with van der Waals surface area (Å²) in [5.74, 6) is -2.40. The Morgan fingerprint density at radius 3 is 1.00 bits per heavy atom. The van der Waals surface area contributed by atoms with Crippen molar-refractivity contribution < 1.29 is 57.0 Å². The Morgan fingerprint density at radius 1 is 0.652 bits per heavy atom. The topological polar surface area (TPSA) is 168 Å². The smallest absolute Gasteiger partial charge is 0.549 e. The van der Waals surface area contributed by atoms with Crippen molar-refractivity contribution >= 4 is 11.9 Å². The second-order valence-electron chi connectivity index (χ2n) is 4.19. The fourth-order valence-corrected chi connectivity index (χ4v) is 1.47. The van der Waals surface area contributed by atoms with Crippen molar-refractivity contribution in [2.24, 2.45) is 0 Å². The third-order valence-electron chi connectivity index (χ3n) is 2.37. The van der Waals surface area contributed by atoms with E-state index in [-0.39, 0.29) is 82.5 Å². The monoisotopic (exact) mass is 383 g/mol. The molecule has 0 atom stereocenters. The first kappa shape index (κ1) is 27.1. The van der Waals surface area contributed by atoms with Crippen molar-refractivity contribution in [2.45, 2.75) is 0 Å². The fourth-order valence-electron chi connectivity index (χ4n) is 1.47. The van der Waals surface area contributed by atoms with Gasteiger partial charge in [-0.3, -0.25) is 9.80 Å². The molecule has 0 saturated heterocycles. The van der Waals surface area contributed by atoms with Crippen molar-refractivity contribution in [3.8, 4) is 0 Å². The Kier molecular flexibility index (Phi) is 22.7. The Labute approximate surface area is 145 Å². The van der Waals surface area contributed by atoms with Gasteiger partial charge in [0.1, 0.15) is 0 Å². The Hall–Kier alpha value is -0.794. The summed E-state index contributed by atoms with van der Waals surface area (Å²) in [6, 6.07) is 0. The molecule has 0 fully saturated rings. The molecule has 0 bridgehead atoms. The van der Waals surface area contributed by atoms with Crippen molar-refractivity contribution in [3.63, 3.8) is 0 Å². The number of hydrogen-bond donors (Lipinski definition) is 4. The molecule has 0 aliphatic carbocycles. The van der Waals surface area contributed by atoms with Crippen molar-refractivity contribution in [2.75, 3.05) is 65.7 Å². The number of aliphatic hydroxyl groups is 4. The van der Waals surface area contributed by atoms with Gasteiger partial charge in [0.15, 0.2) is 0 Å². The Balaban J connectivity index is -0.000000333. The summed E-state index contributed by atoms with van der Waals surface area (Å²) < 4.78 is 0. The van der Waals surface area contributed by atoms with Gasteiger partial charge in [0, 0.05) is 39.3 Å². The summed E-state index contributed by atoms with van der Waals surface area (Å²) in [7, 11) is 0. The molecule has 23 heavy (non-hydrogen) atoms. The van der Waals surface area contributed by atoms with E-state index in [1.54, 1.807) is 0 Å². The van der Waals surface area contributed by atoms with Crippen LogP contribution in [0.4, 0.5) is 0 Å². The molecule has 0 aromatic rings. The van der Waals surface area contributed by atoms with E-state index in [0.717, 1.165) is 0 Å². The summed E-state index contributed by atoms with van der Waals surface area (Å²) in [6.45, 7) is 0.00944. The third-order valence-corrected chi connectivity index (χ3v) is 2.37. The first-order chi connectivity index (χ1) is 10.4. The molecule has 4 N–H and O–H groups in total. The minimum Gasteiger partial charge on any atom is -0.549 e. The number of carbonyl (C=O) groups is 2. The molecule has 0 rings (SSSR count). The SMILES string of the molecule is O=C([O-])CN(CCO)CCO.O=C([O-])CN(CCO)CCO.[Co+2]. The van der Waals surface area contributed by atoms with E-state index in [9.17, 15) is 19.8 Å². The number of rotatable bonds is 12. The van der Waals surface area contributed by atoms with Crippen LogP contribution in [0.25, 0.3) is 0 Å². The normalized spacial score (nSPS) is 10.0. The molecule has 0 aromatic heterocycles. The summed E-state index contributed by atoms with van der Waals surface area (Å²) in [5, 5.41) is 53.8. The van der Waals surface area contributed by atoms with Gasteiger partial charge in [-0.05, 0) is 0 Å². The van der Waals surface area contributed by atoms with Gasteiger partial charge in [-0.2, -0.15) is 0 Å². The summed E-state index contributed by atoms with van der Waals surface area (Å²) in [6.07, 6.45) is 0. The predicted molar refractivity (Wildman–Crippen MR) is 71.2 cm³/mol. The molecule has 0 aliphatic heterocycles. The molecule has 10 nitrogen and oxygen atoms in total. The van der Waals surface area contributed by atoms with E-state index in [2.05, 4.69) is 0 Å². The van der Waals surface area contributed by atoms with Gasteiger partial charge in [0.25, 0.3) is 0 Å². The average molecular weight is 383 g/mol. The zero-order chi connectivity index (χ0) is 17.4. The Bertz CT molecular complexity index is 256. The van der Waals surface area contributed by atoms with Gasteiger partial charge in [-0.25, -0.2) is 0 Å². The molecule has 0 unspecified atom stereocenters. The van der Waals surface area contributed by atoms with Crippen molar-refractivity contribution in [3.05, 3.63) is 0 Å². The maximum atomic E-state index is 10.0. The molecule has 0 amide bonds. The molecular weight excluding hydrogens is 359 g/mol. The number of carbonyl (C=O) groups excluding carboxylic acids is 2. The van der Waals surface area contributed by atoms with Crippen molar-refractivity contribution in [1.29, 1.82) is 0 Å². The first-order valence-corrected chi connectivity index (χ1v) is 6.69. The van der Waals surface area contributed by atoms with Crippen LogP contribution in [-0.4, -0.2) is 108 Å². The van der Waals surface area contributed by atoms with Gasteiger partial charge in [-0.1, -0.05) is 0 Å². The zero-order valence-corrected chi connectivity index (χ0v) is 13.8. The van der Waals surface area contributed by atoms with E-state index in [1.807, 2.05) is 0 Å². The van der Waals surface area contributed by atoms with E-state index in [1.165, 1.54) is 9.80 Å². The van der Waals surface area contributed by atoms with E-state index in [0.29, 0.717) is 0 Å². The first-order valence-electron chi connectivity index (χ1n) is 6.69. The molecule has 0 saturated carbocycles. The maximum Gasteiger partial charge on any atom is 2.00 e. The van der Waals surface area contributed by atoms with E-state index < -0.39 is 11.9 Å². The Morgan fingerprint density at radius 2 is 0.870 bits per heavy atom. The molecular formula is C12H24CoN2O8. The molecule has 1 radical (unpaired) electrons. The van der Waals surface area contributed by atoms with Crippen LogP contribution in [0, 0.1) is 0 Å². The number of aliphatic hydroxyl groups excluding tert-OH is 4. The van der Waals surface area contributed by atoms with Gasteiger partial charge in [-0.15, -0.1) is 0 Å². The van der Waals surface area contributed by atoms with Crippen LogP contribution in [0.3, 0.4) is 0 Å². The van der Waals surface area contributed by atoms with Crippen molar-refractivity contribution in [1.82, 2.24) is 9.80 Å². The minimum atomic E-state index is -1.20. The van der Waals surface area contributed by atoms with E-state index >= 15 is 0 Å². The van der Waals surface area contributed by atoms with Gasteiger partial charge < -0.3 is 40.2 Å². The maximum absolute atomic E-state index is 10.0. The molecule has 11 heteroatoms. The predicted octanol–water partition coefficient (Wildman–Crippen LogP) is -5.96. The molecule has 0 spiro atoms. The largest absolute Gasteiger partial charge is 2.00 e. The molecule has 0 heterocycles. The third kappa shape index (κ3) is 21.2. The average Bonchev–Trinajstić information content (AvgIpc) is 2.39. The number of aliphatic carboxylic acids is 2. The number of carboxylic acids is 2. The zero-order valence-electron chi connectivity index (χ0n) is 12.7. The molecule has 139 valence electrons. The van der Waals surface area contributed by atoms with Gasteiger partial charge in [0.05, 0.1) is 38.4 Å². The van der Waals surface area contributed by atoms with Crippen LogP contribution >= 0.6 is 0 Å². The second kappa shape index (κ2) is 19.3. The number of hydrogen-bond acceptors (Lipinski definition) is 10. The second-order valence-corrected chi connectivity index (χ2v) is 4.19. The number of nitrogens with zero attached hydrogens (tertiary/aromatic N) is 2. The minimum absolute atomic E-state index is 0. The molecule has 0 aliphatic rings. The van der Waals surface area contributed by atoms with Crippen LogP contribution in [0.5, 0.6) is 0 Å². The van der Waals surface area contributed by atoms with Gasteiger partial charge in [0.2, 0.25) is 0 Å². The van der Waals surface area contributed by atoms with Crippen LogP contribution in [0.2, 0.25) is 0 Å². The fraction of sp³-hybridized carbons (Fsp3) is 0.833. The molecule has 0 aromatic carbocycles. The summed E-state index contributed by atoms with van der Waals surface area (Å²) in [5.41, 5.74) is 0. The van der Waals surface area contributed by atoms with E-state index in [4.69, 9.17) is 20.4 Å². The standard InChI is InChI=1S/2C6H13NO4.Co/c2*8-3-1-7(2-4-9)5-6(10)11;/h2*8-9H,1-5H2,(H,10,11);/q;;+2/p-2. The quantitative estimate of drug-likeness (QED) is 0.255. The van der Waals surface area contributed by atoms with Crippen LogP contribution < -0.4 is 10.2 Å². The number of carboxylic acid groups (broad SMARTS) is 2. The van der Waals surface area contributed by atoms with Crippen LogP contribution in [0.15, 0.2) is 0 Å². The summed E-state index contributed by atoms with van der Waals surface area (Å²) >= 11 is 0.